The number of carbonyl (C=O) groups excluding carboxylic acids is 2. The molecule has 0 aliphatic carbocycles. The first-order valence-corrected chi connectivity index (χ1v) is 6.67. The fourth-order valence-electron chi connectivity index (χ4n) is 1.51. The Morgan fingerprint density at radius 2 is 1.95 bits per heavy atom. The van der Waals surface area contributed by atoms with Crippen LogP contribution in [0.1, 0.15) is 22.3 Å². The van der Waals surface area contributed by atoms with Crippen LogP contribution in [0.25, 0.3) is 10.6 Å². The largest absolute Gasteiger partial charge is 0.465 e. The molecule has 2 rings (SSSR count). The summed E-state index contributed by atoms with van der Waals surface area (Å²) in [6.07, 6.45) is 0. The monoisotopic (exact) mass is 291 g/mol. The Morgan fingerprint density at radius 1 is 1.25 bits per heavy atom. The molecule has 2 aromatic rings. The number of esters is 1. The van der Waals surface area contributed by atoms with Gasteiger partial charge in [-0.15, -0.1) is 10.2 Å². The molecular formula is C13H13N3O3S. The summed E-state index contributed by atoms with van der Waals surface area (Å²) in [5.74, 6) is -0.482. The Labute approximate surface area is 119 Å². The Kier molecular flexibility index (Phi) is 4.41. The second-order valence-electron chi connectivity index (χ2n) is 3.98. The van der Waals surface area contributed by atoms with Crippen molar-refractivity contribution < 1.29 is 14.3 Å². The van der Waals surface area contributed by atoms with E-state index in [0.717, 1.165) is 15.6 Å². The van der Waals surface area contributed by atoms with Gasteiger partial charge in [0.25, 0.3) is 0 Å². The zero-order chi connectivity index (χ0) is 14.5. The first-order chi connectivity index (χ1) is 9.60. The first kappa shape index (κ1) is 14.1. The second kappa shape index (κ2) is 6.25. The minimum Gasteiger partial charge on any atom is -0.465 e. The minimum atomic E-state index is -0.375. The molecule has 0 unspecified atom stereocenters. The molecule has 6 nitrogen and oxygen atoms in total. The predicted octanol–water partition coefficient (Wildman–Crippen LogP) is 1.63. The molecule has 0 saturated heterocycles. The summed E-state index contributed by atoms with van der Waals surface area (Å²) >= 11 is 1.39. The van der Waals surface area contributed by atoms with Gasteiger partial charge in [-0.1, -0.05) is 23.5 Å². The SMILES string of the molecule is COC(=O)c1ccc(-c2nnc(CNC(C)=O)s2)cc1. The zero-order valence-corrected chi connectivity index (χ0v) is 11.9. The molecule has 1 aromatic heterocycles. The van der Waals surface area contributed by atoms with Gasteiger partial charge in [-0.3, -0.25) is 4.79 Å². The molecular weight excluding hydrogens is 278 g/mol. The highest BCUT2D eigenvalue weighted by Gasteiger charge is 2.09. The minimum absolute atomic E-state index is 0.107. The molecule has 20 heavy (non-hydrogen) atoms. The van der Waals surface area contributed by atoms with E-state index in [4.69, 9.17) is 0 Å². The average Bonchev–Trinajstić information content (AvgIpc) is 2.93. The van der Waals surface area contributed by atoms with Crippen molar-refractivity contribution >= 4 is 23.2 Å². The molecule has 0 saturated carbocycles. The standard InChI is InChI=1S/C13H13N3O3S/c1-8(17)14-7-11-15-16-12(20-11)9-3-5-10(6-4-9)13(18)19-2/h3-6H,7H2,1-2H3,(H,14,17). The van der Waals surface area contributed by atoms with Crippen molar-refractivity contribution in [2.75, 3.05) is 7.11 Å². The number of rotatable bonds is 4. The third-order valence-corrected chi connectivity index (χ3v) is 3.48. The smallest absolute Gasteiger partial charge is 0.337 e. The molecule has 7 heteroatoms. The highest BCUT2D eigenvalue weighted by Crippen LogP contribution is 2.23. The van der Waals surface area contributed by atoms with Crippen molar-refractivity contribution in [3.63, 3.8) is 0 Å². The normalized spacial score (nSPS) is 10.1. The number of ether oxygens (including phenoxy) is 1. The quantitative estimate of drug-likeness (QED) is 0.866. The summed E-state index contributed by atoms with van der Waals surface area (Å²) in [6.45, 7) is 1.82. The van der Waals surface area contributed by atoms with E-state index in [1.807, 2.05) is 0 Å². The molecule has 1 amide bonds. The van der Waals surface area contributed by atoms with Gasteiger partial charge in [-0.25, -0.2) is 4.79 Å². The maximum atomic E-state index is 11.3. The number of hydrogen-bond donors (Lipinski definition) is 1. The van der Waals surface area contributed by atoms with Crippen LogP contribution in [-0.4, -0.2) is 29.2 Å². The Hall–Kier alpha value is -2.28. The van der Waals surface area contributed by atoms with Gasteiger partial charge in [0.1, 0.15) is 10.0 Å². The van der Waals surface area contributed by atoms with Gasteiger partial charge in [0.05, 0.1) is 19.2 Å². The van der Waals surface area contributed by atoms with Gasteiger partial charge in [-0.05, 0) is 12.1 Å². The van der Waals surface area contributed by atoms with Gasteiger partial charge in [0, 0.05) is 12.5 Å². The molecule has 0 aliphatic heterocycles. The summed E-state index contributed by atoms with van der Waals surface area (Å²) in [5, 5.41) is 12.2. The molecule has 0 aliphatic rings. The van der Waals surface area contributed by atoms with Gasteiger partial charge in [0.15, 0.2) is 0 Å². The Bertz CT molecular complexity index is 622. The fraction of sp³-hybridized carbons (Fsp3) is 0.231. The van der Waals surface area contributed by atoms with Crippen LogP contribution in [-0.2, 0) is 16.1 Å². The van der Waals surface area contributed by atoms with Crippen LogP contribution in [0.15, 0.2) is 24.3 Å². The van der Waals surface area contributed by atoms with E-state index >= 15 is 0 Å². The number of nitrogens with one attached hydrogen (secondary N) is 1. The molecule has 0 bridgehead atoms. The topological polar surface area (TPSA) is 81.2 Å². The van der Waals surface area contributed by atoms with Gasteiger partial charge < -0.3 is 10.1 Å². The highest BCUT2D eigenvalue weighted by molar-refractivity contribution is 7.14. The van der Waals surface area contributed by atoms with E-state index in [-0.39, 0.29) is 11.9 Å². The molecule has 1 N–H and O–H groups in total. The van der Waals surface area contributed by atoms with E-state index in [1.54, 1.807) is 24.3 Å². The lowest BCUT2D eigenvalue weighted by molar-refractivity contribution is -0.119. The van der Waals surface area contributed by atoms with Crippen molar-refractivity contribution in [2.24, 2.45) is 0 Å². The number of carbonyl (C=O) groups is 2. The Balaban J connectivity index is 2.11. The summed E-state index contributed by atoms with van der Waals surface area (Å²) in [5.41, 5.74) is 1.35. The van der Waals surface area contributed by atoms with Crippen molar-refractivity contribution in [1.82, 2.24) is 15.5 Å². The average molecular weight is 291 g/mol. The van der Waals surface area contributed by atoms with Crippen LogP contribution >= 0.6 is 11.3 Å². The summed E-state index contributed by atoms with van der Waals surface area (Å²) < 4.78 is 4.64. The molecule has 0 atom stereocenters. The number of methoxy groups -OCH3 is 1. The van der Waals surface area contributed by atoms with Gasteiger partial charge in [0.2, 0.25) is 5.91 Å². The fourth-order valence-corrected chi connectivity index (χ4v) is 2.29. The third-order valence-electron chi connectivity index (χ3n) is 2.51. The molecule has 0 radical (unpaired) electrons. The maximum absolute atomic E-state index is 11.3. The van der Waals surface area contributed by atoms with Gasteiger partial charge >= 0.3 is 5.97 Å². The van der Waals surface area contributed by atoms with Crippen LogP contribution in [0, 0.1) is 0 Å². The summed E-state index contributed by atoms with van der Waals surface area (Å²) in [7, 11) is 1.34. The van der Waals surface area contributed by atoms with Crippen LogP contribution < -0.4 is 5.32 Å². The van der Waals surface area contributed by atoms with Crippen LogP contribution in [0.5, 0.6) is 0 Å². The Morgan fingerprint density at radius 3 is 2.55 bits per heavy atom. The number of benzene rings is 1. The van der Waals surface area contributed by atoms with E-state index in [1.165, 1.54) is 25.4 Å². The summed E-state index contributed by atoms with van der Waals surface area (Å²) in [4.78, 5) is 22.2. The predicted molar refractivity (Wildman–Crippen MR) is 74.2 cm³/mol. The van der Waals surface area contributed by atoms with Crippen molar-refractivity contribution in [1.29, 1.82) is 0 Å². The van der Waals surface area contributed by atoms with Gasteiger partial charge in [-0.2, -0.15) is 0 Å². The zero-order valence-electron chi connectivity index (χ0n) is 11.0. The molecule has 0 fully saturated rings. The summed E-state index contributed by atoms with van der Waals surface area (Å²) in [6, 6.07) is 6.93. The first-order valence-electron chi connectivity index (χ1n) is 5.85. The third kappa shape index (κ3) is 3.39. The number of hydrogen-bond acceptors (Lipinski definition) is 6. The van der Waals surface area contributed by atoms with Crippen molar-refractivity contribution in [3.8, 4) is 10.6 Å². The number of nitrogens with zero attached hydrogens (tertiary/aromatic N) is 2. The molecule has 1 aromatic carbocycles. The van der Waals surface area contributed by atoms with E-state index in [9.17, 15) is 9.59 Å². The maximum Gasteiger partial charge on any atom is 0.337 e. The number of amides is 1. The van der Waals surface area contributed by atoms with Crippen molar-refractivity contribution in [2.45, 2.75) is 13.5 Å². The highest BCUT2D eigenvalue weighted by atomic mass is 32.1. The molecule has 0 spiro atoms. The number of aromatic nitrogens is 2. The van der Waals surface area contributed by atoms with E-state index in [0.29, 0.717) is 12.1 Å². The lowest BCUT2D eigenvalue weighted by Gasteiger charge is -1.99. The molecule has 104 valence electrons. The second-order valence-corrected chi connectivity index (χ2v) is 5.04. The van der Waals surface area contributed by atoms with Crippen LogP contribution in [0.2, 0.25) is 0 Å². The lowest BCUT2D eigenvalue weighted by Crippen LogP contribution is -2.18. The van der Waals surface area contributed by atoms with Crippen LogP contribution in [0.3, 0.4) is 0 Å². The molecule has 1 heterocycles. The van der Waals surface area contributed by atoms with E-state index < -0.39 is 0 Å². The van der Waals surface area contributed by atoms with Crippen molar-refractivity contribution in [3.05, 3.63) is 34.8 Å². The lowest BCUT2D eigenvalue weighted by atomic mass is 10.1. The van der Waals surface area contributed by atoms with E-state index in [2.05, 4.69) is 20.3 Å². The van der Waals surface area contributed by atoms with Crippen LogP contribution in [0.4, 0.5) is 0 Å².